The molecular weight excluding hydrogens is 290 g/mol. The second-order valence-electron chi connectivity index (χ2n) is 6.10. The van der Waals surface area contributed by atoms with E-state index in [-0.39, 0.29) is 12.0 Å². The molecule has 23 heavy (non-hydrogen) atoms. The first-order valence-electron chi connectivity index (χ1n) is 7.80. The fraction of sp³-hybridized carbons (Fsp3) is 0.333. The summed E-state index contributed by atoms with van der Waals surface area (Å²) < 4.78 is 0. The lowest BCUT2D eigenvalue weighted by Gasteiger charge is -2.17. The van der Waals surface area contributed by atoms with E-state index in [1.165, 1.54) is 5.56 Å². The highest BCUT2D eigenvalue weighted by molar-refractivity contribution is 5.65. The van der Waals surface area contributed by atoms with Crippen LogP contribution in [0, 0.1) is 6.92 Å². The van der Waals surface area contributed by atoms with Crippen LogP contribution in [0.15, 0.2) is 48.7 Å². The molecule has 0 bridgehead atoms. The summed E-state index contributed by atoms with van der Waals surface area (Å²) in [5, 5.41) is 11.8. The van der Waals surface area contributed by atoms with E-state index in [0.717, 1.165) is 24.3 Å². The Hall–Kier alpha value is -2.40. The van der Waals surface area contributed by atoms with E-state index in [1.807, 2.05) is 37.3 Å². The zero-order valence-electron chi connectivity index (χ0n) is 13.1. The molecule has 1 aromatic carbocycles. The summed E-state index contributed by atoms with van der Waals surface area (Å²) in [6, 6.07) is 14.1. The normalized spacial score (nSPS) is 21.3. The van der Waals surface area contributed by atoms with Gasteiger partial charge in [-0.3, -0.25) is 9.88 Å². The fourth-order valence-electron chi connectivity index (χ4n) is 3.22. The minimum Gasteiger partial charge on any atom is -0.465 e. The molecule has 2 aromatic rings. The van der Waals surface area contributed by atoms with Gasteiger partial charge in [0.05, 0.1) is 6.04 Å². The molecule has 1 aliphatic rings. The summed E-state index contributed by atoms with van der Waals surface area (Å²) >= 11 is 0. The summed E-state index contributed by atoms with van der Waals surface area (Å²) in [6.07, 6.45) is 0.816. The molecule has 0 unspecified atom stereocenters. The quantitative estimate of drug-likeness (QED) is 0.911. The van der Waals surface area contributed by atoms with Crippen LogP contribution in [0.1, 0.15) is 22.7 Å². The Morgan fingerprint density at radius 2 is 2.09 bits per heavy atom. The Kier molecular flexibility index (Phi) is 4.57. The Morgan fingerprint density at radius 3 is 2.78 bits per heavy atom. The molecule has 1 aromatic heterocycles. The highest BCUT2D eigenvalue weighted by Gasteiger charge is 2.35. The number of aryl methyl sites for hydroxylation is 1. The number of nitrogens with zero attached hydrogens (tertiary/aromatic N) is 2. The minimum atomic E-state index is -0.978. The van der Waals surface area contributed by atoms with Crippen molar-refractivity contribution in [1.29, 1.82) is 0 Å². The van der Waals surface area contributed by atoms with E-state index < -0.39 is 6.09 Å². The number of carboxylic acid groups (broad SMARTS) is 1. The predicted octanol–water partition coefficient (Wildman–Crippen LogP) is 2.63. The van der Waals surface area contributed by atoms with Gasteiger partial charge in [0.15, 0.2) is 0 Å². The van der Waals surface area contributed by atoms with Gasteiger partial charge in [-0.2, -0.15) is 0 Å². The van der Waals surface area contributed by atoms with Crippen molar-refractivity contribution in [3.63, 3.8) is 0 Å². The minimum absolute atomic E-state index is 0.0784. The van der Waals surface area contributed by atoms with Crippen LogP contribution in [0.3, 0.4) is 0 Å². The van der Waals surface area contributed by atoms with Crippen LogP contribution in [0.2, 0.25) is 0 Å². The Balaban J connectivity index is 1.78. The van der Waals surface area contributed by atoms with Crippen molar-refractivity contribution in [3.05, 3.63) is 65.5 Å². The van der Waals surface area contributed by atoms with Gasteiger partial charge < -0.3 is 10.4 Å². The first-order valence-corrected chi connectivity index (χ1v) is 7.80. The first-order chi connectivity index (χ1) is 11.1. The maximum Gasteiger partial charge on any atom is 0.404 e. The fourth-order valence-corrected chi connectivity index (χ4v) is 3.22. The van der Waals surface area contributed by atoms with Crippen molar-refractivity contribution in [2.45, 2.75) is 25.4 Å². The second-order valence-corrected chi connectivity index (χ2v) is 6.10. The molecule has 0 spiro atoms. The first kappa shape index (κ1) is 15.5. The summed E-state index contributed by atoms with van der Waals surface area (Å²) in [6.45, 7) is 4.35. The van der Waals surface area contributed by atoms with Gasteiger partial charge in [0, 0.05) is 37.4 Å². The van der Waals surface area contributed by atoms with Crippen LogP contribution in [-0.2, 0) is 6.54 Å². The smallest absolute Gasteiger partial charge is 0.404 e. The highest BCUT2D eigenvalue weighted by Crippen LogP contribution is 2.28. The number of amides is 1. The molecule has 120 valence electrons. The summed E-state index contributed by atoms with van der Waals surface area (Å²) in [7, 11) is 0. The van der Waals surface area contributed by atoms with Crippen molar-refractivity contribution in [3.8, 4) is 0 Å². The van der Waals surface area contributed by atoms with Crippen LogP contribution in [-0.4, -0.2) is 40.2 Å². The van der Waals surface area contributed by atoms with Crippen LogP contribution >= 0.6 is 0 Å². The monoisotopic (exact) mass is 311 g/mol. The van der Waals surface area contributed by atoms with Crippen LogP contribution < -0.4 is 5.32 Å². The highest BCUT2D eigenvalue weighted by atomic mass is 16.4. The molecule has 0 aliphatic carbocycles. The number of pyridine rings is 1. The molecular formula is C18H21N3O2. The Labute approximate surface area is 136 Å². The number of hydrogen-bond acceptors (Lipinski definition) is 3. The van der Waals surface area contributed by atoms with Crippen molar-refractivity contribution in [2.75, 3.05) is 13.1 Å². The van der Waals surface area contributed by atoms with E-state index >= 15 is 0 Å². The van der Waals surface area contributed by atoms with E-state index in [2.05, 4.69) is 27.3 Å². The van der Waals surface area contributed by atoms with Crippen molar-refractivity contribution in [2.24, 2.45) is 0 Å². The molecule has 3 rings (SSSR count). The molecule has 1 saturated heterocycles. The summed E-state index contributed by atoms with van der Waals surface area (Å²) in [5.41, 5.74) is 3.34. The lowest BCUT2D eigenvalue weighted by molar-refractivity contribution is 0.188. The summed E-state index contributed by atoms with van der Waals surface area (Å²) in [5.74, 6) is 0.0784. The average Bonchev–Trinajstić information content (AvgIpc) is 2.90. The molecule has 1 fully saturated rings. The van der Waals surface area contributed by atoms with Crippen LogP contribution in [0.5, 0.6) is 0 Å². The molecule has 1 aliphatic heterocycles. The number of aromatic nitrogens is 1. The molecule has 5 heteroatoms. The van der Waals surface area contributed by atoms with E-state index in [9.17, 15) is 4.79 Å². The standard InChI is InChI=1S/C18H21N3O2/c1-13-7-8-19-16(9-13)15-11-21(12-17(15)20-18(22)23)10-14-5-3-2-4-6-14/h2-9,15,17,20H,10-12H2,1H3,(H,22,23)/t15-,17+/m1/s1. The zero-order chi connectivity index (χ0) is 16.2. The van der Waals surface area contributed by atoms with Crippen molar-refractivity contribution >= 4 is 6.09 Å². The molecule has 0 saturated carbocycles. The van der Waals surface area contributed by atoms with Gasteiger partial charge in [0.1, 0.15) is 0 Å². The Morgan fingerprint density at radius 1 is 1.30 bits per heavy atom. The van der Waals surface area contributed by atoms with E-state index in [0.29, 0.717) is 6.54 Å². The number of carbonyl (C=O) groups is 1. The predicted molar refractivity (Wildman–Crippen MR) is 88.4 cm³/mol. The maximum absolute atomic E-state index is 11.1. The second kappa shape index (κ2) is 6.79. The molecule has 0 radical (unpaired) electrons. The molecule has 2 N–H and O–H groups in total. The van der Waals surface area contributed by atoms with E-state index in [1.54, 1.807) is 6.20 Å². The average molecular weight is 311 g/mol. The van der Waals surface area contributed by atoms with Crippen LogP contribution in [0.4, 0.5) is 4.79 Å². The SMILES string of the molecule is Cc1ccnc([C@H]2CN(Cc3ccccc3)C[C@@H]2NC(=O)O)c1. The Bertz CT molecular complexity index is 675. The third kappa shape index (κ3) is 3.87. The number of hydrogen-bond donors (Lipinski definition) is 2. The third-order valence-corrected chi connectivity index (χ3v) is 4.27. The van der Waals surface area contributed by atoms with Gasteiger partial charge in [-0.15, -0.1) is 0 Å². The van der Waals surface area contributed by atoms with Gasteiger partial charge in [0.25, 0.3) is 0 Å². The number of benzene rings is 1. The summed E-state index contributed by atoms with van der Waals surface area (Å²) in [4.78, 5) is 17.9. The topological polar surface area (TPSA) is 65.5 Å². The van der Waals surface area contributed by atoms with E-state index in [4.69, 9.17) is 5.11 Å². The maximum atomic E-state index is 11.1. The van der Waals surface area contributed by atoms with Gasteiger partial charge >= 0.3 is 6.09 Å². The number of rotatable bonds is 4. The zero-order valence-corrected chi connectivity index (χ0v) is 13.1. The van der Waals surface area contributed by atoms with Gasteiger partial charge in [-0.1, -0.05) is 30.3 Å². The van der Waals surface area contributed by atoms with Gasteiger partial charge in [0.2, 0.25) is 0 Å². The van der Waals surface area contributed by atoms with Crippen molar-refractivity contribution in [1.82, 2.24) is 15.2 Å². The van der Waals surface area contributed by atoms with Gasteiger partial charge in [-0.05, 0) is 30.2 Å². The number of nitrogens with one attached hydrogen (secondary N) is 1. The van der Waals surface area contributed by atoms with Crippen LogP contribution in [0.25, 0.3) is 0 Å². The lowest BCUT2D eigenvalue weighted by Crippen LogP contribution is -2.39. The lowest BCUT2D eigenvalue weighted by atomic mass is 9.98. The largest absolute Gasteiger partial charge is 0.465 e. The third-order valence-electron chi connectivity index (χ3n) is 4.27. The van der Waals surface area contributed by atoms with Crippen molar-refractivity contribution < 1.29 is 9.90 Å². The number of likely N-dealkylation sites (tertiary alicyclic amines) is 1. The molecule has 1 amide bonds. The molecule has 2 atom stereocenters. The molecule has 2 heterocycles. The molecule has 5 nitrogen and oxygen atoms in total. The van der Waals surface area contributed by atoms with Gasteiger partial charge in [-0.25, -0.2) is 4.79 Å².